The van der Waals surface area contributed by atoms with Gasteiger partial charge in [-0.3, -0.25) is 4.79 Å². The van der Waals surface area contributed by atoms with Gasteiger partial charge in [0.05, 0.1) is 16.4 Å². The van der Waals surface area contributed by atoms with Crippen LogP contribution in [0.25, 0.3) is 0 Å². The van der Waals surface area contributed by atoms with E-state index in [1.165, 1.54) is 11.3 Å². The first-order valence-electron chi connectivity index (χ1n) is 6.97. The summed E-state index contributed by atoms with van der Waals surface area (Å²) in [5.41, 5.74) is 2.70. The fourth-order valence-electron chi connectivity index (χ4n) is 1.97. The molecule has 0 radical (unpaired) electrons. The summed E-state index contributed by atoms with van der Waals surface area (Å²) in [5, 5.41) is 6.25. The van der Waals surface area contributed by atoms with E-state index >= 15 is 0 Å². The molecule has 0 saturated carbocycles. The highest BCUT2D eigenvalue weighted by Gasteiger charge is 2.11. The Morgan fingerprint density at radius 2 is 2.10 bits per heavy atom. The molecule has 0 aliphatic carbocycles. The van der Waals surface area contributed by atoms with E-state index in [-0.39, 0.29) is 5.91 Å². The molecular weight excluding hydrogens is 304 g/mol. The molecule has 0 unspecified atom stereocenters. The predicted octanol–water partition coefficient (Wildman–Crippen LogP) is 4.46. The van der Waals surface area contributed by atoms with E-state index in [9.17, 15) is 4.79 Å². The van der Waals surface area contributed by atoms with Crippen LogP contribution in [-0.4, -0.2) is 12.5 Å². The molecule has 1 amide bonds. The summed E-state index contributed by atoms with van der Waals surface area (Å²) < 4.78 is 0.736. The molecule has 0 bridgehead atoms. The third kappa shape index (κ3) is 4.48. The van der Waals surface area contributed by atoms with E-state index in [2.05, 4.69) is 17.6 Å². The van der Waals surface area contributed by atoms with Gasteiger partial charge in [0, 0.05) is 17.1 Å². The number of anilines is 1. The molecule has 1 aromatic heterocycles. The molecule has 21 heavy (non-hydrogen) atoms. The van der Waals surface area contributed by atoms with Crippen molar-refractivity contribution in [3.63, 3.8) is 0 Å². The van der Waals surface area contributed by atoms with E-state index < -0.39 is 0 Å². The van der Waals surface area contributed by atoms with Gasteiger partial charge in [-0.15, -0.1) is 11.3 Å². The third-order valence-corrected chi connectivity index (χ3v) is 4.27. The van der Waals surface area contributed by atoms with Crippen molar-refractivity contribution in [2.24, 2.45) is 0 Å². The van der Waals surface area contributed by atoms with E-state index in [0.717, 1.165) is 33.4 Å². The maximum atomic E-state index is 12.3. The topological polar surface area (TPSA) is 41.1 Å². The number of amides is 1. The summed E-state index contributed by atoms with van der Waals surface area (Å²) in [5.74, 6) is -0.0712. The number of benzene rings is 1. The minimum absolute atomic E-state index is 0.0712. The molecule has 0 aliphatic rings. The summed E-state index contributed by atoms with van der Waals surface area (Å²) in [6.45, 7) is 5.47. The molecule has 0 saturated heterocycles. The van der Waals surface area contributed by atoms with Gasteiger partial charge in [0.15, 0.2) is 0 Å². The SMILES string of the molecule is CCCNc1cc(C)ccc1C(=O)NCc1ccc(Cl)s1. The van der Waals surface area contributed by atoms with Gasteiger partial charge in [-0.2, -0.15) is 0 Å². The van der Waals surface area contributed by atoms with Crippen molar-refractivity contribution in [2.75, 3.05) is 11.9 Å². The normalized spacial score (nSPS) is 10.4. The highest BCUT2D eigenvalue weighted by Crippen LogP contribution is 2.22. The van der Waals surface area contributed by atoms with Gasteiger partial charge < -0.3 is 10.6 Å². The second-order valence-corrected chi connectivity index (χ2v) is 6.66. The maximum absolute atomic E-state index is 12.3. The smallest absolute Gasteiger partial charge is 0.253 e. The standard InChI is InChI=1S/C16H19ClN2OS/c1-3-8-18-14-9-11(2)4-6-13(14)16(20)19-10-12-5-7-15(17)21-12/h4-7,9,18H,3,8,10H2,1-2H3,(H,19,20). The van der Waals surface area contributed by atoms with Crippen LogP contribution in [0.3, 0.4) is 0 Å². The lowest BCUT2D eigenvalue weighted by molar-refractivity contribution is 0.0952. The molecule has 0 aliphatic heterocycles. The van der Waals surface area contributed by atoms with Crippen LogP contribution >= 0.6 is 22.9 Å². The van der Waals surface area contributed by atoms with E-state index in [4.69, 9.17) is 11.6 Å². The van der Waals surface area contributed by atoms with Crippen LogP contribution < -0.4 is 10.6 Å². The first-order chi connectivity index (χ1) is 10.1. The van der Waals surface area contributed by atoms with Gasteiger partial charge in [0.1, 0.15) is 0 Å². The number of carbonyl (C=O) groups is 1. The summed E-state index contributed by atoms with van der Waals surface area (Å²) in [7, 11) is 0. The minimum Gasteiger partial charge on any atom is -0.384 e. The molecule has 0 fully saturated rings. The zero-order chi connectivity index (χ0) is 15.2. The second-order valence-electron chi connectivity index (χ2n) is 4.86. The lowest BCUT2D eigenvalue weighted by Gasteiger charge is -2.12. The minimum atomic E-state index is -0.0712. The quantitative estimate of drug-likeness (QED) is 0.824. The lowest BCUT2D eigenvalue weighted by atomic mass is 10.1. The van der Waals surface area contributed by atoms with Crippen molar-refractivity contribution in [3.05, 3.63) is 50.7 Å². The number of carbonyl (C=O) groups excluding carboxylic acids is 1. The number of hydrogen-bond acceptors (Lipinski definition) is 3. The van der Waals surface area contributed by atoms with Gasteiger partial charge in [-0.25, -0.2) is 0 Å². The van der Waals surface area contributed by atoms with Gasteiger partial charge in [-0.05, 0) is 43.2 Å². The predicted molar refractivity (Wildman–Crippen MR) is 90.5 cm³/mol. The van der Waals surface area contributed by atoms with Crippen LogP contribution in [0, 0.1) is 6.92 Å². The van der Waals surface area contributed by atoms with E-state index in [0.29, 0.717) is 12.1 Å². The van der Waals surface area contributed by atoms with Crippen LogP contribution in [0.15, 0.2) is 30.3 Å². The van der Waals surface area contributed by atoms with Crippen molar-refractivity contribution in [3.8, 4) is 0 Å². The summed E-state index contributed by atoms with van der Waals surface area (Å²) >= 11 is 7.37. The molecule has 112 valence electrons. The van der Waals surface area contributed by atoms with Gasteiger partial charge in [0.2, 0.25) is 0 Å². The van der Waals surface area contributed by atoms with Gasteiger partial charge >= 0.3 is 0 Å². The number of thiophene rings is 1. The summed E-state index contributed by atoms with van der Waals surface area (Å²) in [6, 6.07) is 9.59. The van der Waals surface area contributed by atoms with Crippen molar-refractivity contribution in [1.82, 2.24) is 5.32 Å². The molecule has 2 aromatic rings. The first kappa shape index (κ1) is 15.9. The monoisotopic (exact) mass is 322 g/mol. The lowest BCUT2D eigenvalue weighted by Crippen LogP contribution is -2.23. The highest BCUT2D eigenvalue weighted by atomic mass is 35.5. The Labute approximate surface area is 134 Å². The molecular formula is C16H19ClN2OS. The van der Waals surface area contributed by atoms with Crippen LogP contribution in [-0.2, 0) is 6.54 Å². The van der Waals surface area contributed by atoms with Crippen LogP contribution in [0.2, 0.25) is 4.34 Å². The number of nitrogens with one attached hydrogen (secondary N) is 2. The molecule has 1 aromatic carbocycles. The maximum Gasteiger partial charge on any atom is 0.253 e. The zero-order valence-electron chi connectivity index (χ0n) is 12.2. The molecule has 2 N–H and O–H groups in total. The summed E-state index contributed by atoms with van der Waals surface area (Å²) in [4.78, 5) is 13.4. The molecule has 5 heteroatoms. The number of aryl methyl sites for hydroxylation is 1. The molecule has 0 atom stereocenters. The number of hydrogen-bond donors (Lipinski definition) is 2. The highest BCUT2D eigenvalue weighted by molar-refractivity contribution is 7.16. The van der Waals surface area contributed by atoms with Gasteiger partial charge in [0.25, 0.3) is 5.91 Å². The molecule has 3 nitrogen and oxygen atoms in total. The van der Waals surface area contributed by atoms with Crippen molar-refractivity contribution >= 4 is 34.5 Å². The first-order valence-corrected chi connectivity index (χ1v) is 8.16. The average molecular weight is 323 g/mol. The molecule has 0 spiro atoms. The van der Waals surface area contributed by atoms with Gasteiger partial charge in [-0.1, -0.05) is 24.6 Å². The fraction of sp³-hybridized carbons (Fsp3) is 0.312. The second kappa shape index (κ2) is 7.48. The Kier molecular flexibility index (Phi) is 5.65. The molecule has 2 rings (SSSR count). The third-order valence-electron chi connectivity index (χ3n) is 3.04. The van der Waals surface area contributed by atoms with E-state index in [1.54, 1.807) is 0 Å². The van der Waals surface area contributed by atoms with Crippen molar-refractivity contribution in [2.45, 2.75) is 26.8 Å². The van der Waals surface area contributed by atoms with Crippen LogP contribution in [0.1, 0.15) is 34.1 Å². The van der Waals surface area contributed by atoms with Crippen molar-refractivity contribution in [1.29, 1.82) is 0 Å². The number of halogens is 1. The van der Waals surface area contributed by atoms with E-state index in [1.807, 2.05) is 37.3 Å². The summed E-state index contributed by atoms with van der Waals surface area (Å²) in [6.07, 6.45) is 1.02. The zero-order valence-corrected chi connectivity index (χ0v) is 13.8. The average Bonchev–Trinajstić information content (AvgIpc) is 2.88. The van der Waals surface area contributed by atoms with Crippen LogP contribution in [0.5, 0.6) is 0 Å². The Morgan fingerprint density at radius 1 is 1.29 bits per heavy atom. The Morgan fingerprint density at radius 3 is 2.76 bits per heavy atom. The Balaban J connectivity index is 2.07. The number of rotatable bonds is 6. The Bertz CT molecular complexity index is 624. The van der Waals surface area contributed by atoms with Crippen molar-refractivity contribution < 1.29 is 4.79 Å². The Hall–Kier alpha value is -1.52. The fourth-order valence-corrected chi connectivity index (χ4v) is 3.00. The largest absolute Gasteiger partial charge is 0.384 e. The van der Waals surface area contributed by atoms with Crippen LogP contribution in [0.4, 0.5) is 5.69 Å². The molecule has 1 heterocycles.